The fraction of sp³-hybridized carbons (Fsp3) is 0. The molecule has 2 radical (unpaired) electrons. The van der Waals surface area contributed by atoms with E-state index in [0.29, 0.717) is 0 Å². The first kappa shape index (κ1) is 44.9. The maximum Gasteiger partial charge on any atom is 2.00 e. The molecule has 0 saturated heterocycles. The normalized spacial score (nSPS) is 9.14. The van der Waals surface area contributed by atoms with Crippen molar-refractivity contribution in [2.24, 2.45) is 0 Å². The molecule has 8 heteroatoms. The van der Waals surface area contributed by atoms with Crippen molar-refractivity contribution in [1.29, 1.82) is 0 Å². The molecular formula is C36H30Cl4P2PdSn. The average molecular weight is 892 g/mol. The third-order valence-corrected chi connectivity index (χ3v) is 11.0. The van der Waals surface area contributed by atoms with Gasteiger partial charge in [0.1, 0.15) is 0 Å². The minimum Gasteiger partial charge on any atom is -1.00 e. The van der Waals surface area contributed by atoms with Crippen LogP contribution in [0.2, 0.25) is 0 Å². The van der Waals surface area contributed by atoms with E-state index in [1.54, 1.807) is 0 Å². The molecule has 0 spiro atoms. The summed E-state index contributed by atoms with van der Waals surface area (Å²) >= 11 is 0. The zero-order valence-corrected chi connectivity index (χ0v) is 32.8. The van der Waals surface area contributed by atoms with Crippen molar-refractivity contribution in [2.45, 2.75) is 0 Å². The van der Waals surface area contributed by atoms with Crippen molar-refractivity contribution < 1.29 is 70.1 Å². The molecule has 226 valence electrons. The molecule has 0 atom stereocenters. The van der Waals surface area contributed by atoms with Crippen LogP contribution in [-0.4, -0.2) is 23.9 Å². The van der Waals surface area contributed by atoms with E-state index in [0.717, 1.165) is 0 Å². The van der Waals surface area contributed by atoms with Gasteiger partial charge < -0.3 is 49.6 Å². The molecule has 0 fully saturated rings. The second-order valence-electron chi connectivity index (χ2n) is 8.68. The van der Waals surface area contributed by atoms with Gasteiger partial charge in [-0.1, -0.05) is 182 Å². The van der Waals surface area contributed by atoms with Gasteiger partial charge in [0.15, 0.2) is 0 Å². The third kappa shape index (κ3) is 12.9. The minimum atomic E-state index is -0.446. The maximum absolute atomic E-state index is 2.23. The van der Waals surface area contributed by atoms with Gasteiger partial charge in [-0.05, 0) is 47.7 Å². The van der Waals surface area contributed by atoms with Crippen molar-refractivity contribution >= 4 is 71.6 Å². The van der Waals surface area contributed by atoms with Gasteiger partial charge in [0.2, 0.25) is 0 Å². The molecule has 0 bridgehead atoms. The van der Waals surface area contributed by atoms with Crippen molar-refractivity contribution in [2.75, 3.05) is 0 Å². The van der Waals surface area contributed by atoms with Crippen LogP contribution in [0.3, 0.4) is 0 Å². The summed E-state index contributed by atoms with van der Waals surface area (Å²) < 4.78 is 0. The predicted octanol–water partition coefficient (Wildman–Crippen LogP) is -5.48. The summed E-state index contributed by atoms with van der Waals surface area (Å²) in [6.07, 6.45) is 0. The van der Waals surface area contributed by atoms with Gasteiger partial charge in [-0.2, -0.15) is 0 Å². The molecule has 6 aromatic rings. The maximum atomic E-state index is 2.23. The zero-order valence-electron chi connectivity index (χ0n) is 23.5. The van der Waals surface area contributed by atoms with E-state index in [9.17, 15) is 0 Å². The van der Waals surface area contributed by atoms with E-state index in [2.05, 4.69) is 182 Å². The van der Waals surface area contributed by atoms with Gasteiger partial charge in [0.05, 0.1) is 0 Å². The zero-order chi connectivity index (χ0) is 25.8. The quantitative estimate of drug-likeness (QED) is 0.116. The van der Waals surface area contributed by atoms with Crippen LogP contribution in [0.1, 0.15) is 0 Å². The van der Waals surface area contributed by atoms with Crippen molar-refractivity contribution in [3.63, 3.8) is 0 Å². The molecule has 6 aromatic carbocycles. The molecule has 0 aliphatic rings. The van der Waals surface area contributed by atoms with E-state index >= 15 is 0 Å². The Kier molecular flexibility index (Phi) is 25.5. The Morgan fingerprint density at radius 3 is 0.455 bits per heavy atom. The van der Waals surface area contributed by atoms with Crippen molar-refractivity contribution in [1.82, 2.24) is 0 Å². The molecule has 0 heterocycles. The molecule has 0 aliphatic carbocycles. The molecule has 6 rings (SSSR count). The van der Waals surface area contributed by atoms with Crippen LogP contribution in [0.5, 0.6) is 0 Å². The van der Waals surface area contributed by atoms with Crippen LogP contribution in [0, 0.1) is 0 Å². The van der Waals surface area contributed by atoms with Crippen LogP contribution < -0.4 is 81.5 Å². The van der Waals surface area contributed by atoms with Gasteiger partial charge >= 0.3 is 44.3 Å². The fourth-order valence-electron chi connectivity index (χ4n) is 4.36. The van der Waals surface area contributed by atoms with E-state index in [1.165, 1.54) is 31.8 Å². The van der Waals surface area contributed by atoms with Gasteiger partial charge in [-0.15, -0.1) is 0 Å². The number of halogens is 4. The SMILES string of the molecule is [Cl-].[Cl-].[Cl-].[Cl-].[Pd+2].[Sn+2].c1ccc(P(c2ccccc2)c2ccccc2)cc1.c1ccc(P(c2ccccc2)c2ccccc2)cc1. The Labute approximate surface area is 320 Å². The first-order valence-electron chi connectivity index (χ1n) is 12.8. The van der Waals surface area contributed by atoms with Gasteiger partial charge in [-0.25, -0.2) is 0 Å². The molecule has 0 amide bonds. The minimum absolute atomic E-state index is 0. The predicted molar refractivity (Wildman–Crippen MR) is 176 cm³/mol. The summed E-state index contributed by atoms with van der Waals surface area (Å²) in [5.41, 5.74) is 0. The summed E-state index contributed by atoms with van der Waals surface area (Å²) in [4.78, 5) is 0. The standard InChI is InChI=1S/2C18H15P.4ClH.Pd.Sn/c2*1-4-10-16(11-5-1)19(17-12-6-2-7-13-17)18-14-8-3-9-15-18;;;;;;/h2*1-15H;4*1H;;/q;;;;;;2*+2/p-4. The van der Waals surface area contributed by atoms with Crippen LogP contribution in [-0.2, 0) is 20.4 Å². The smallest absolute Gasteiger partial charge is 1.00 e. The number of benzene rings is 6. The average Bonchev–Trinajstić information content (AvgIpc) is 3.01. The summed E-state index contributed by atoms with van der Waals surface area (Å²) in [6, 6.07) is 64.7. The largest absolute Gasteiger partial charge is 2.00 e. The van der Waals surface area contributed by atoms with E-state index in [-0.39, 0.29) is 94.0 Å². The first-order valence-corrected chi connectivity index (χ1v) is 15.5. The third-order valence-electron chi connectivity index (χ3n) is 6.09. The van der Waals surface area contributed by atoms with Crippen LogP contribution in [0.25, 0.3) is 0 Å². The summed E-state index contributed by atoms with van der Waals surface area (Å²) in [7, 11) is -0.892. The van der Waals surface area contributed by atoms with E-state index in [1.807, 2.05) is 0 Å². The number of rotatable bonds is 6. The monoisotopic (exact) mass is 890 g/mol. The van der Waals surface area contributed by atoms with Crippen molar-refractivity contribution in [3.8, 4) is 0 Å². The van der Waals surface area contributed by atoms with Crippen LogP contribution >= 0.6 is 15.8 Å². The summed E-state index contributed by atoms with van der Waals surface area (Å²) in [5.74, 6) is 0. The number of hydrogen-bond donors (Lipinski definition) is 0. The summed E-state index contributed by atoms with van der Waals surface area (Å²) in [6.45, 7) is 0. The molecule has 0 N–H and O–H groups in total. The second-order valence-corrected chi connectivity index (χ2v) is 13.1. The first-order chi connectivity index (χ1) is 18.9. The topological polar surface area (TPSA) is 0 Å². The van der Waals surface area contributed by atoms with Crippen LogP contribution in [0.15, 0.2) is 182 Å². The summed E-state index contributed by atoms with van der Waals surface area (Å²) in [5, 5.41) is 8.39. The molecule has 0 unspecified atom stereocenters. The van der Waals surface area contributed by atoms with E-state index in [4.69, 9.17) is 0 Å². The molecule has 0 aliphatic heterocycles. The van der Waals surface area contributed by atoms with Gasteiger partial charge in [0, 0.05) is 0 Å². The Morgan fingerprint density at radius 1 is 0.227 bits per heavy atom. The molecular weight excluding hydrogens is 861 g/mol. The Morgan fingerprint density at radius 2 is 0.341 bits per heavy atom. The van der Waals surface area contributed by atoms with E-state index < -0.39 is 15.8 Å². The van der Waals surface area contributed by atoms with Crippen molar-refractivity contribution in [3.05, 3.63) is 182 Å². The second kappa shape index (κ2) is 25.0. The molecule has 0 saturated carbocycles. The molecule has 0 nitrogen and oxygen atoms in total. The Balaban J connectivity index is 0. The molecule has 44 heavy (non-hydrogen) atoms. The van der Waals surface area contributed by atoms with Crippen LogP contribution in [0.4, 0.5) is 0 Å². The molecule has 0 aromatic heterocycles. The Hall–Kier alpha value is -1.20. The van der Waals surface area contributed by atoms with Gasteiger partial charge in [-0.3, -0.25) is 0 Å². The number of hydrogen-bond acceptors (Lipinski definition) is 0. The Bertz CT molecular complexity index is 1200. The van der Waals surface area contributed by atoms with Gasteiger partial charge in [0.25, 0.3) is 0 Å². The fourth-order valence-corrected chi connectivity index (χ4v) is 8.97.